The second-order valence-electron chi connectivity index (χ2n) is 7.55. The van der Waals surface area contributed by atoms with Crippen LogP contribution in [0.4, 0.5) is 0 Å². The molecule has 2 bridgehead atoms. The quantitative estimate of drug-likeness (QED) is 0.905. The minimum atomic E-state index is 0.119. The number of pyridine rings is 1. The predicted octanol–water partition coefficient (Wildman–Crippen LogP) is 1.77. The second-order valence-corrected chi connectivity index (χ2v) is 7.55. The number of fused-ring (bicyclic) bond motifs is 4. The second kappa shape index (κ2) is 6.11. The Kier molecular flexibility index (Phi) is 3.75. The molecule has 0 spiro atoms. The summed E-state index contributed by atoms with van der Waals surface area (Å²) >= 11 is 0. The molecule has 0 amide bonds. The van der Waals surface area contributed by atoms with Crippen LogP contribution in [0.5, 0.6) is 0 Å². The average molecular weight is 340 g/mol. The van der Waals surface area contributed by atoms with Crippen LogP contribution in [-0.2, 0) is 11.3 Å². The summed E-state index contributed by atoms with van der Waals surface area (Å²) in [4.78, 5) is 17.8. The summed E-state index contributed by atoms with van der Waals surface area (Å²) in [6.45, 7) is 4.38. The van der Waals surface area contributed by atoms with Gasteiger partial charge in [0.1, 0.15) is 5.82 Å². The van der Waals surface area contributed by atoms with Gasteiger partial charge < -0.3 is 19.2 Å². The molecule has 3 aliphatic rings. The van der Waals surface area contributed by atoms with Crippen molar-refractivity contribution in [1.29, 1.82) is 0 Å². The highest BCUT2D eigenvalue weighted by Gasteiger charge is 2.32. The molecule has 0 saturated carbocycles. The van der Waals surface area contributed by atoms with Gasteiger partial charge in [-0.15, -0.1) is 0 Å². The van der Waals surface area contributed by atoms with E-state index in [0.717, 1.165) is 57.1 Å². The van der Waals surface area contributed by atoms with E-state index in [1.165, 1.54) is 12.1 Å². The maximum Gasteiger partial charge on any atom is 0.261 e. The lowest BCUT2D eigenvalue weighted by Crippen LogP contribution is -2.45. The maximum absolute atomic E-state index is 13.2. The first-order valence-corrected chi connectivity index (χ1v) is 9.36. The number of piperidine rings is 1. The zero-order chi connectivity index (χ0) is 16.8. The van der Waals surface area contributed by atoms with Gasteiger partial charge in [0.15, 0.2) is 0 Å². The summed E-state index contributed by atoms with van der Waals surface area (Å²) in [6, 6.07) is 4.50. The highest BCUT2D eigenvalue weighted by Crippen LogP contribution is 2.33. The lowest BCUT2D eigenvalue weighted by molar-refractivity contribution is 0.0700. The summed E-state index contributed by atoms with van der Waals surface area (Å²) < 4.78 is 9.67. The molecule has 2 saturated heterocycles. The molecular formula is C19H24N4O2. The van der Waals surface area contributed by atoms with Crippen LogP contribution in [0.25, 0.3) is 11.4 Å². The van der Waals surface area contributed by atoms with Crippen LogP contribution in [0.15, 0.2) is 29.3 Å². The van der Waals surface area contributed by atoms with E-state index < -0.39 is 0 Å². The summed E-state index contributed by atoms with van der Waals surface area (Å²) in [5.41, 5.74) is 2.03. The molecular weight excluding hydrogens is 316 g/mol. The van der Waals surface area contributed by atoms with Gasteiger partial charge in [-0.3, -0.25) is 4.79 Å². The summed E-state index contributed by atoms with van der Waals surface area (Å²) in [5.74, 6) is 1.83. The van der Waals surface area contributed by atoms with E-state index in [9.17, 15) is 4.79 Å². The van der Waals surface area contributed by atoms with E-state index in [0.29, 0.717) is 17.9 Å². The van der Waals surface area contributed by atoms with Crippen LogP contribution in [0.3, 0.4) is 0 Å². The molecule has 2 aromatic rings. The summed E-state index contributed by atoms with van der Waals surface area (Å²) in [5, 5.41) is 3.50. The maximum atomic E-state index is 13.2. The number of rotatable bonds is 2. The Morgan fingerprint density at radius 1 is 1.20 bits per heavy atom. The Morgan fingerprint density at radius 3 is 2.96 bits per heavy atom. The molecule has 0 aromatic carbocycles. The lowest BCUT2D eigenvalue weighted by atomic mass is 9.84. The van der Waals surface area contributed by atoms with Gasteiger partial charge in [0.25, 0.3) is 5.56 Å². The van der Waals surface area contributed by atoms with Crippen molar-refractivity contribution in [2.75, 3.05) is 26.3 Å². The van der Waals surface area contributed by atoms with Gasteiger partial charge >= 0.3 is 0 Å². The van der Waals surface area contributed by atoms with E-state index in [1.807, 2.05) is 23.0 Å². The Hall–Kier alpha value is -1.92. The minimum absolute atomic E-state index is 0.119. The molecule has 0 radical (unpaired) electrons. The fraction of sp³-hybridized carbons (Fsp3) is 0.579. The number of hydrogen-bond donors (Lipinski definition) is 1. The van der Waals surface area contributed by atoms with Crippen LogP contribution in [0.2, 0.25) is 0 Å². The number of ether oxygens (including phenoxy) is 1. The van der Waals surface area contributed by atoms with Gasteiger partial charge in [-0.2, -0.15) is 0 Å². The molecule has 2 atom stereocenters. The van der Waals surface area contributed by atoms with Crippen molar-refractivity contribution in [3.8, 4) is 11.4 Å². The van der Waals surface area contributed by atoms with Crippen LogP contribution in [0, 0.1) is 5.92 Å². The third-order valence-electron chi connectivity index (χ3n) is 6.00. The average Bonchev–Trinajstić information content (AvgIpc) is 3.13. The van der Waals surface area contributed by atoms with Gasteiger partial charge in [-0.05, 0) is 43.9 Å². The first-order valence-electron chi connectivity index (χ1n) is 9.36. The van der Waals surface area contributed by atoms with Gasteiger partial charge in [-0.1, -0.05) is 0 Å². The third-order valence-corrected chi connectivity index (χ3v) is 6.00. The number of hydrogen-bond acceptors (Lipinski definition) is 4. The Balaban J connectivity index is 1.57. The number of nitrogens with one attached hydrogen (secondary N) is 1. The Labute approximate surface area is 146 Å². The van der Waals surface area contributed by atoms with Crippen LogP contribution in [-0.4, -0.2) is 40.4 Å². The summed E-state index contributed by atoms with van der Waals surface area (Å²) in [6.07, 6.45) is 6.97. The van der Waals surface area contributed by atoms with Crippen LogP contribution < -0.4 is 10.9 Å². The normalized spacial score (nSPS) is 26.4. The monoisotopic (exact) mass is 340 g/mol. The Morgan fingerprint density at radius 2 is 2.08 bits per heavy atom. The molecule has 132 valence electrons. The van der Waals surface area contributed by atoms with Crippen molar-refractivity contribution >= 4 is 0 Å². The van der Waals surface area contributed by atoms with Crippen molar-refractivity contribution in [1.82, 2.24) is 19.4 Å². The fourth-order valence-corrected chi connectivity index (χ4v) is 4.74. The van der Waals surface area contributed by atoms with Crippen molar-refractivity contribution in [2.45, 2.75) is 37.8 Å². The van der Waals surface area contributed by atoms with Crippen molar-refractivity contribution in [3.63, 3.8) is 0 Å². The van der Waals surface area contributed by atoms with Crippen molar-refractivity contribution in [2.24, 2.45) is 5.92 Å². The molecule has 6 nitrogen and oxygen atoms in total. The predicted molar refractivity (Wildman–Crippen MR) is 94.7 cm³/mol. The SMILES string of the molecule is O=c1c(-c2nccn2C2CCOCC2)ccc2n1C[C@@H]1CNC[C@H]2C1. The summed E-state index contributed by atoms with van der Waals surface area (Å²) in [7, 11) is 0. The molecule has 2 aromatic heterocycles. The molecule has 0 unspecified atom stereocenters. The number of nitrogens with zero attached hydrogens (tertiary/aromatic N) is 3. The molecule has 2 fully saturated rings. The zero-order valence-electron chi connectivity index (χ0n) is 14.4. The first-order chi connectivity index (χ1) is 12.3. The Bertz CT molecular complexity index is 834. The van der Waals surface area contributed by atoms with E-state index in [4.69, 9.17) is 4.74 Å². The molecule has 5 heterocycles. The zero-order valence-corrected chi connectivity index (χ0v) is 14.4. The first kappa shape index (κ1) is 15.3. The van der Waals surface area contributed by atoms with Gasteiger partial charge in [0.2, 0.25) is 0 Å². The largest absolute Gasteiger partial charge is 0.381 e. The molecule has 1 N–H and O–H groups in total. The lowest BCUT2D eigenvalue weighted by Gasteiger charge is -2.37. The standard InChI is InChI=1S/C19H24N4O2/c24-19-16(18-21-5-6-22(18)15-3-7-25-8-4-15)1-2-17-14-9-13(10-20-11-14)12-23(17)19/h1-2,5-6,13-15,20H,3-4,7-12H2/t13-,14+/m0/s1. The number of imidazole rings is 1. The highest BCUT2D eigenvalue weighted by molar-refractivity contribution is 5.55. The van der Waals surface area contributed by atoms with Gasteiger partial charge in [-0.25, -0.2) is 4.98 Å². The van der Waals surface area contributed by atoms with E-state index in [-0.39, 0.29) is 5.56 Å². The van der Waals surface area contributed by atoms with E-state index in [2.05, 4.69) is 20.9 Å². The van der Waals surface area contributed by atoms with Gasteiger partial charge in [0, 0.05) is 56.4 Å². The fourth-order valence-electron chi connectivity index (χ4n) is 4.74. The van der Waals surface area contributed by atoms with E-state index >= 15 is 0 Å². The van der Waals surface area contributed by atoms with Crippen molar-refractivity contribution < 1.29 is 4.74 Å². The van der Waals surface area contributed by atoms with Crippen molar-refractivity contribution in [3.05, 3.63) is 40.6 Å². The smallest absolute Gasteiger partial charge is 0.261 e. The molecule has 0 aliphatic carbocycles. The van der Waals surface area contributed by atoms with Crippen LogP contribution in [0.1, 0.15) is 36.9 Å². The highest BCUT2D eigenvalue weighted by atomic mass is 16.5. The molecule has 3 aliphatic heterocycles. The topological polar surface area (TPSA) is 61.1 Å². The number of aromatic nitrogens is 3. The third kappa shape index (κ3) is 2.55. The minimum Gasteiger partial charge on any atom is -0.381 e. The van der Waals surface area contributed by atoms with Gasteiger partial charge in [0.05, 0.1) is 5.56 Å². The molecule has 6 heteroatoms. The van der Waals surface area contributed by atoms with Crippen LogP contribution >= 0.6 is 0 Å². The molecule has 25 heavy (non-hydrogen) atoms. The molecule has 5 rings (SSSR count). The van der Waals surface area contributed by atoms with E-state index in [1.54, 1.807) is 0 Å².